The van der Waals surface area contributed by atoms with Crippen molar-refractivity contribution in [2.24, 2.45) is 0 Å². The van der Waals surface area contributed by atoms with E-state index in [0.29, 0.717) is 0 Å². The second kappa shape index (κ2) is 4.67. The number of carboxylic acid groups (broad SMARTS) is 1. The Balaban J connectivity index is 3.35. The Kier molecular flexibility index (Phi) is 3.72. The van der Waals surface area contributed by atoms with Crippen molar-refractivity contribution >= 4 is 33.5 Å². The molecule has 0 N–H and O–H groups in total. The molecule has 1 aromatic rings. The standard InChI is InChI=1S/C10H9ClO4S/c1-16(14,15)9-6-8(11)4-2-7(9)3-5-10(12)13/h2-6H,1H3,(H,12,13)/p-1/b5-3+. The molecule has 16 heavy (non-hydrogen) atoms. The van der Waals surface area contributed by atoms with E-state index in [1.165, 1.54) is 18.2 Å². The average Bonchev–Trinajstić information content (AvgIpc) is 2.14. The molecule has 4 nitrogen and oxygen atoms in total. The lowest BCUT2D eigenvalue weighted by molar-refractivity contribution is -0.297. The van der Waals surface area contributed by atoms with Gasteiger partial charge >= 0.3 is 0 Å². The summed E-state index contributed by atoms with van der Waals surface area (Å²) in [6.45, 7) is 0. The van der Waals surface area contributed by atoms with Crippen LogP contribution in [0.1, 0.15) is 5.56 Å². The van der Waals surface area contributed by atoms with Crippen molar-refractivity contribution in [2.45, 2.75) is 4.90 Å². The topological polar surface area (TPSA) is 74.3 Å². The number of sulfone groups is 1. The molecule has 1 rings (SSSR count). The highest BCUT2D eigenvalue weighted by Crippen LogP contribution is 2.21. The first-order valence-corrected chi connectivity index (χ1v) is 6.46. The molecule has 0 radical (unpaired) electrons. The van der Waals surface area contributed by atoms with Gasteiger partial charge in [0, 0.05) is 11.3 Å². The van der Waals surface area contributed by atoms with Crippen molar-refractivity contribution in [1.29, 1.82) is 0 Å². The molecule has 0 unspecified atom stereocenters. The summed E-state index contributed by atoms with van der Waals surface area (Å²) in [6, 6.07) is 4.18. The van der Waals surface area contributed by atoms with E-state index in [9.17, 15) is 18.3 Å². The van der Waals surface area contributed by atoms with E-state index in [1.54, 1.807) is 0 Å². The lowest BCUT2D eigenvalue weighted by atomic mass is 10.2. The molecule has 86 valence electrons. The quantitative estimate of drug-likeness (QED) is 0.741. The van der Waals surface area contributed by atoms with Gasteiger partial charge in [0.1, 0.15) is 0 Å². The third-order valence-electron chi connectivity index (χ3n) is 1.77. The van der Waals surface area contributed by atoms with Crippen LogP contribution in [0, 0.1) is 0 Å². The second-order valence-corrected chi connectivity index (χ2v) is 5.53. The minimum Gasteiger partial charge on any atom is -0.545 e. The molecule has 0 aliphatic carbocycles. The van der Waals surface area contributed by atoms with E-state index in [4.69, 9.17) is 11.6 Å². The maximum atomic E-state index is 11.4. The summed E-state index contributed by atoms with van der Waals surface area (Å²) in [7, 11) is -3.45. The predicted octanol–water partition coefficient (Wildman–Crippen LogP) is 0.507. The number of hydrogen-bond donors (Lipinski definition) is 0. The highest BCUT2D eigenvalue weighted by atomic mass is 35.5. The Hall–Kier alpha value is -1.33. The van der Waals surface area contributed by atoms with E-state index in [1.807, 2.05) is 0 Å². The van der Waals surface area contributed by atoms with Gasteiger partial charge in [-0.1, -0.05) is 23.7 Å². The van der Waals surface area contributed by atoms with Gasteiger partial charge in [-0.15, -0.1) is 0 Å². The summed E-state index contributed by atoms with van der Waals surface area (Å²) in [5.74, 6) is -1.39. The monoisotopic (exact) mass is 259 g/mol. The minimum atomic E-state index is -3.45. The predicted molar refractivity (Wildman–Crippen MR) is 58.6 cm³/mol. The summed E-state index contributed by atoms with van der Waals surface area (Å²) < 4.78 is 22.8. The number of rotatable bonds is 3. The van der Waals surface area contributed by atoms with E-state index < -0.39 is 15.8 Å². The molecule has 0 spiro atoms. The molecule has 0 saturated heterocycles. The fraction of sp³-hybridized carbons (Fsp3) is 0.100. The first-order chi connectivity index (χ1) is 7.30. The first-order valence-electron chi connectivity index (χ1n) is 4.19. The molecule has 0 saturated carbocycles. The van der Waals surface area contributed by atoms with Gasteiger partial charge in [0.2, 0.25) is 0 Å². The van der Waals surface area contributed by atoms with E-state index in [2.05, 4.69) is 0 Å². The molecule has 0 bridgehead atoms. The Morgan fingerprint density at radius 1 is 1.44 bits per heavy atom. The summed E-state index contributed by atoms with van der Waals surface area (Å²) >= 11 is 5.67. The molecule has 0 aliphatic rings. The van der Waals surface area contributed by atoms with Crippen LogP contribution in [0.3, 0.4) is 0 Å². The number of carbonyl (C=O) groups excluding carboxylic acids is 1. The van der Waals surface area contributed by atoms with Crippen molar-refractivity contribution in [3.05, 3.63) is 34.9 Å². The zero-order chi connectivity index (χ0) is 12.3. The third kappa shape index (κ3) is 3.36. The highest BCUT2D eigenvalue weighted by molar-refractivity contribution is 7.90. The zero-order valence-corrected chi connectivity index (χ0v) is 9.88. The van der Waals surface area contributed by atoms with Crippen LogP contribution in [0.25, 0.3) is 6.08 Å². The van der Waals surface area contributed by atoms with E-state index in [0.717, 1.165) is 18.4 Å². The largest absolute Gasteiger partial charge is 0.545 e. The zero-order valence-electron chi connectivity index (χ0n) is 8.31. The van der Waals surface area contributed by atoms with Crippen molar-refractivity contribution in [2.75, 3.05) is 6.26 Å². The van der Waals surface area contributed by atoms with Crippen molar-refractivity contribution in [1.82, 2.24) is 0 Å². The van der Waals surface area contributed by atoms with Gasteiger partial charge in [-0.05, 0) is 23.8 Å². The van der Waals surface area contributed by atoms with Crippen LogP contribution in [0.4, 0.5) is 0 Å². The van der Waals surface area contributed by atoms with E-state index >= 15 is 0 Å². The molecule has 0 fully saturated rings. The smallest absolute Gasteiger partial charge is 0.176 e. The van der Waals surface area contributed by atoms with Crippen molar-refractivity contribution < 1.29 is 18.3 Å². The first kappa shape index (κ1) is 12.7. The Labute approximate surface area is 98.1 Å². The number of carbonyl (C=O) groups is 1. The minimum absolute atomic E-state index is 0.0162. The average molecular weight is 260 g/mol. The van der Waals surface area contributed by atoms with Crippen LogP contribution in [0.5, 0.6) is 0 Å². The normalized spacial score (nSPS) is 11.9. The molecule has 0 amide bonds. The summed E-state index contributed by atoms with van der Waals surface area (Å²) in [5.41, 5.74) is 0.260. The number of benzene rings is 1. The molecule has 0 aromatic heterocycles. The SMILES string of the molecule is CS(=O)(=O)c1cc(Cl)ccc1/C=C/C(=O)[O-]. The van der Waals surface area contributed by atoms with Gasteiger partial charge in [0.05, 0.1) is 10.9 Å². The molecular weight excluding hydrogens is 252 g/mol. The number of aliphatic carboxylic acids is 1. The Bertz CT molecular complexity index is 546. The number of hydrogen-bond acceptors (Lipinski definition) is 4. The van der Waals surface area contributed by atoms with Crippen LogP contribution in [0.15, 0.2) is 29.2 Å². The maximum Gasteiger partial charge on any atom is 0.176 e. The molecule has 6 heteroatoms. The maximum absolute atomic E-state index is 11.4. The molecule has 0 aliphatic heterocycles. The van der Waals surface area contributed by atoms with Gasteiger partial charge in [-0.25, -0.2) is 8.42 Å². The van der Waals surface area contributed by atoms with Crippen LogP contribution >= 0.6 is 11.6 Å². The fourth-order valence-electron chi connectivity index (χ4n) is 1.12. The van der Waals surface area contributed by atoms with Gasteiger partial charge in [0.15, 0.2) is 9.84 Å². The molecule has 0 atom stereocenters. The van der Waals surface area contributed by atoms with Crippen LogP contribution < -0.4 is 5.11 Å². The number of halogens is 1. The molecular formula is C10H8ClO4S-. The molecule has 1 aromatic carbocycles. The van der Waals surface area contributed by atoms with Gasteiger partial charge in [-0.3, -0.25) is 0 Å². The van der Waals surface area contributed by atoms with Gasteiger partial charge in [0.25, 0.3) is 0 Å². The lowest BCUT2D eigenvalue weighted by Gasteiger charge is -2.04. The summed E-state index contributed by atoms with van der Waals surface area (Å²) in [5, 5.41) is 10.5. The van der Waals surface area contributed by atoms with E-state index in [-0.39, 0.29) is 15.5 Å². The third-order valence-corrected chi connectivity index (χ3v) is 3.16. The van der Waals surface area contributed by atoms with Crippen LogP contribution in [-0.4, -0.2) is 20.6 Å². The summed E-state index contributed by atoms with van der Waals surface area (Å²) in [4.78, 5) is 10.2. The van der Waals surface area contributed by atoms with Crippen LogP contribution in [-0.2, 0) is 14.6 Å². The Morgan fingerprint density at radius 2 is 2.06 bits per heavy atom. The lowest BCUT2D eigenvalue weighted by Crippen LogP contribution is -2.18. The summed E-state index contributed by atoms with van der Waals surface area (Å²) in [6.07, 6.45) is 2.94. The highest BCUT2D eigenvalue weighted by Gasteiger charge is 2.11. The van der Waals surface area contributed by atoms with Crippen molar-refractivity contribution in [3.63, 3.8) is 0 Å². The molecule has 0 heterocycles. The van der Waals surface area contributed by atoms with Gasteiger partial charge < -0.3 is 9.90 Å². The van der Waals surface area contributed by atoms with Crippen molar-refractivity contribution in [3.8, 4) is 0 Å². The van der Waals surface area contributed by atoms with Crippen LogP contribution in [0.2, 0.25) is 5.02 Å². The Morgan fingerprint density at radius 3 is 2.56 bits per heavy atom. The second-order valence-electron chi connectivity index (χ2n) is 3.11. The number of carboxylic acids is 1. The van der Waals surface area contributed by atoms with Gasteiger partial charge in [-0.2, -0.15) is 0 Å². The fourth-order valence-corrected chi connectivity index (χ4v) is 2.27.